The smallest absolute Gasteiger partial charge is 0.265 e. The van der Waals surface area contributed by atoms with E-state index in [4.69, 9.17) is 4.52 Å². The van der Waals surface area contributed by atoms with E-state index in [0.29, 0.717) is 18.3 Å². The Labute approximate surface area is 131 Å². The maximum absolute atomic E-state index is 12.6. The van der Waals surface area contributed by atoms with Crippen LogP contribution in [0.25, 0.3) is 0 Å². The van der Waals surface area contributed by atoms with Gasteiger partial charge in [-0.25, -0.2) is 0 Å². The zero-order valence-corrected chi connectivity index (χ0v) is 13.4. The molecule has 6 heteroatoms. The molecule has 1 atom stereocenters. The van der Waals surface area contributed by atoms with E-state index < -0.39 is 0 Å². The number of rotatable bonds is 4. The molecule has 1 fully saturated rings. The second-order valence-corrected chi connectivity index (χ2v) is 6.36. The number of carbonyl (C=O) groups excluding carboxylic acids is 1. The molecule has 0 unspecified atom stereocenters. The molecule has 0 bridgehead atoms. The number of hydrogen-bond donors (Lipinski definition) is 0. The molecule has 0 saturated carbocycles. The fourth-order valence-electron chi connectivity index (χ4n) is 3.23. The van der Waals surface area contributed by atoms with Crippen molar-refractivity contribution in [3.8, 4) is 0 Å². The number of likely N-dealkylation sites (tertiary alicyclic amines) is 1. The van der Waals surface area contributed by atoms with Crippen LogP contribution in [0.3, 0.4) is 0 Å². The maximum atomic E-state index is 12.6. The first kappa shape index (κ1) is 15.1. The summed E-state index contributed by atoms with van der Waals surface area (Å²) in [6.45, 7) is 0.788. The minimum Gasteiger partial charge on any atom is -0.344 e. The van der Waals surface area contributed by atoms with E-state index in [1.165, 1.54) is 18.4 Å². The summed E-state index contributed by atoms with van der Waals surface area (Å²) < 4.78 is 5.37. The lowest BCUT2D eigenvalue weighted by molar-refractivity contribution is -0.131. The van der Waals surface area contributed by atoms with Crippen LogP contribution in [0.5, 0.6) is 0 Å². The van der Waals surface area contributed by atoms with E-state index in [0.717, 1.165) is 32.2 Å². The highest BCUT2D eigenvalue weighted by atomic mass is 16.5. The molecule has 1 aromatic heterocycles. The summed E-state index contributed by atoms with van der Waals surface area (Å²) in [7, 11) is 3.75. The molecule has 1 saturated heterocycles. The maximum Gasteiger partial charge on any atom is 0.265 e. The molecule has 0 aromatic carbocycles. The van der Waals surface area contributed by atoms with Crippen molar-refractivity contribution >= 4 is 11.9 Å². The average Bonchev–Trinajstić information content (AvgIpc) is 3.17. The zero-order valence-electron chi connectivity index (χ0n) is 13.4. The summed E-state index contributed by atoms with van der Waals surface area (Å²) in [5.41, 5.74) is 1.29. The minimum absolute atomic E-state index is 0.0575. The van der Waals surface area contributed by atoms with Gasteiger partial charge in [-0.05, 0) is 43.7 Å². The van der Waals surface area contributed by atoms with E-state index in [1.807, 2.05) is 19.0 Å². The zero-order chi connectivity index (χ0) is 15.5. The van der Waals surface area contributed by atoms with Gasteiger partial charge in [0.05, 0.1) is 0 Å². The summed E-state index contributed by atoms with van der Waals surface area (Å²) in [5.74, 6) is 1.32. The molecule has 6 nitrogen and oxygen atoms in total. The van der Waals surface area contributed by atoms with Gasteiger partial charge in [0.2, 0.25) is 5.91 Å². The third-order valence-corrected chi connectivity index (χ3v) is 4.45. The SMILES string of the molecule is CN(C)c1noc([C@H]2CCCN2C(=O)CC2=CCCCC2)n1. The molecule has 3 rings (SSSR count). The lowest BCUT2D eigenvalue weighted by Crippen LogP contribution is -2.31. The van der Waals surface area contributed by atoms with Crippen LogP contribution in [-0.2, 0) is 4.79 Å². The van der Waals surface area contributed by atoms with Crippen LogP contribution in [0.2, 0.25) is 0 Å². The van der Waals surface area contributed by atoms with Crippen LogP contribution in [0.4, 0.5) is 5.95 Å². The molecule has 120 valence electrons. The van der Waals surface area contributed by atoms with E-state index in [2.05, 4.69) is 16.2 Å². The standard InChI is InChI=1S/C16H24N4O2/c1-19(2)16-17-15(22-18-16)13-9-6-10-20(13)14(21)11-12-7-4-3-5-8-12/h7,13H,3-6,8-11H2,1-2H3/t13-/m1/s1. The van der Waals surface area contributed by atoms with Crippen LogP contribution in [-0.4, -0.2) is 41.6 Å². The molecule has 2 aliphatic rings. The Hall–Kier alpha value is -1.85. The molecule has 1 amide bonds. The molecular formula is C16H24N4O2. The second-order valence-electron chi connectivity index (χ2n) is 6.36. The van der Waals surface area contributed by atoms with Crippen molar-refractivity contribution in [1.29, 1.82) is 0 Å². The number of nitrogens with zero attached hydrogens (tertiary/aromatic N) is 4. The third kappa shape index (κ3) is 3.15. The normalized spacial score (nSPS) is 21.8. The lowest BCUT2D eigenvalue weighted by atomic mass is 9.97. The van der Waals surface area contributed by atoms with Crippen molar-refractivity contribution in [2.45, 2.75) is 51.0 Å². The average molecular weight is 304 g/mol. The molecule has 22 heavy (non-hydrogen) atoms. The van der Waals surface area contributed by atoms with Gasteiger partial charge in [0, 0.05) is 27.1 Å². The number of allylic oxidation sites excluding steroid dienone is 1. The van der Waals surface area contributed by atoms with Crippen molar-refractivity contribution in [2.24, 2.45) is 0 Å². The Kier molecular flexibility index (Phi) is 4.45. The summed E-state index contributed by atoms with van der Waals surface area (Å²) in [4.78, 5) is 20.8. The monoisotopic (exact) mass is 304 g/mol. The van der Waals surface area contributed by atoms with Gasteiger partial charge in [-0.15, -0.1) is 0 Å². The second kappa shape index (κ2) is 6.50. The van der Waals surface area contributed by atoms with Crippen LogP contribution in [0.15, 0.2) is 16.2 Å². The lowest BCUT2D eigenvalue weighted by Gasteiger charge is -2.23. The summed E-state index contributed by atoms with van der Waals surface area (Å²) >= 11 is 0. The number of amides is 1. The van der Waals surface area contributed by atoms with Crippen molar-refractivity contribution in [3.63, 3.8) is 0 Å². The highest BCUT2D eigenvalue weighted by molar-refractivity contribution is 5.79. The highest BCUT2D eigenvalue weighted by Gasteiger charge is 2.34. The van der Waals surface area contributed by atoms with Gasteiger partial charge in [-0.2, -0.15) is 4.98 Å². The molecule has 0 N–H and O–H groups in total. The third-order valence-electron chi connectivity index (χ3n) is 4.45. The number of anilines is 1. The van der Waals surface area contributed by atoms with Gasteiger partial charge >= 0.3 is 0 Å². The predicted molar refractivity (Wildman–Crippen MR) is 83.5 cm³/mol. The fraction of sp³-hybridized carbons (Fsp3) is 0.688. The Morgan fingerprint density at radius 1 is 1.41 bits per heavy atom. The summed E-state index contributed by atoms with van der Waals surface area (Å²) in [5, 5.41) is 3.96. The van der Waals surface area contributed by atoms with Gasteiger partial charge in [0.1, 0.15) is 6.04 Å². The van der Waals surface area contributed by atoms with Crippen molar-refractivity contribution < 1.29 is 9.32 Å². The highest BCUT2D eigenvalue weighted by Crippen LogP contribution is 2.33. The first-order valence-electron chi connectivity index (χ1n) is 8.13. The first-order chi connectivity index (χ1) is 10.6. The van der Waals surface area contributed by atoms with Crippen LogP contribution in [0, 0.1) is 0 Å². The minimum atomic E-state index is -0.0575. The van der Waals surface area contributed by atoms with Crippen molar-refractivity contribution in [1.82, 2.24) is 15.0 Å². The van der Waals surface area contributed by atoms with E-state index in [1.54, 1.807) is 4.90 Å². The largest absolute Gasteiger partial charge is 0.344 e. The predicted octanol–water partition coefficient (Wildman–Crippen LogP) is 2.69. The van der Waals surface area contributed by atoms with Gasteiger partial charge in [0.25, 0.3) is 11.8 Å². The van der Waals surface area contributed by atoms with Crippen LogP contribution >= 0.6 is 0 Å². The Balaban J connectivity index is 1.69. The molecule has 1 aliphatic heterocycles. The van der Waals surface area contributed by atoms with E-state index in [9.17, 15) is 4.79 Å². The Bertz CT molecular complexity index is 564. The molecule has 1 aliphatic carbocycles. The van der Waals surface area contributed by atoms with Gasteiger partial charge in [-0.3, -0.25) is 4.79 Å². The molecule has 1 aromatic rings. The quantitative estimate of drug-likeness (QED) is 0.800. The van der Waals surface area contributed by atoms with Crippen LogP contribution in [0.1, 0.15) is 56.9 Å². The van der Waals surface area contributed by atoms with Crippen LogP contribution < -0.4 is 4.90 Å². The molecular weight excluding hydrogens is 280 g/mol. The molecule has 0 radical (unpaired) electrons. The number of aromatic nitrogens is 2. The van der Waals surface area contributed by atoms with E-state index >= 15 is 0 Å². The summed E-state index contributed by atoms with van der Waals surface area (Å²) in [6, 6.07) is -0.0575. The van der Waals surface area contributed by atoms with Crippen molar-refractivity contribution in [2.75, 3.05) is 25.5 Å². The number of hydrogen-bond acceptors (Lipinski definition) is 5. The van der Waals surface area contributed by atoms with Crippen molar-refractivity contribution in [3.05, 3.63) is 17.5 Å². The molecule has 2 heterocycles. The molecule has 0 spiro atoms. The first-order valence-corrected chi connectivity index (χ1v) is 8.13. The van der Waals surface area contributed by atoms with Gasteiger partial charge in [-0.1, -0.05) is 11.6 Å². The van der Waals surface area contributed by atoms with E-state index in [-0.39, 0.29) is 11.9 Å². The fourth-order valence-corrected chi connectivity index (χ4v) is 3.23. The van der Waals surface area contributed by atoms with Gasteiger partial charge < -0.3 is 14.3 Å². The number of carbonyl (C=O) groups is 1. The van der Waals surface area contributed by atoms with Gasteiger partial charge in [0.15, 0.2) is 0 Å². The summed E-state index contributed by atoms with van der Waals surface area (Å²) in [6.07, 6.45) is 9.32. The topological polar surface area (TPSA) is 62.5 Å². The Morgan fingerprint density at radius 2 is 2.27 bits per heavy atom. The Morgan fingerprint density at radius 3 is 2.95 bits per heavy atom.